The number of hydrogen-bond acceptors (Lipinski definition) is 2. The van der Waals surface area contributed by atoms with E-state index < -0.39 is 6.04 Å². The Labute approximate surface area is 114 Å². The zero-order chi connectivity index (χ0) is 13.8. The number of rotatable bonds is 4. The molecular weight excluding hydrogens is 234 g/mol. The molecule has 19 heavy (non-hydrogen) atoms. The third kappa shape index (κ3) is 3.09. The standard InChI is InChI=1S/C17H19NO/c1-12(2)13-8-10-15(11-9-13)17(19)16(18)14-6-4-3-5-7-14/h3-12,16H,18H2,1-2H3/t16-/m1/s1. The molecule has 0 bridgehead atoms. The molecule has 2 heteroatoms. The maximum absolute atomic E-state index is 12.3. The van der Waals surface area contributed by atoms with Crippen LogP contribution < -0.4 is 5.73 Å². The van der Waals surface area contributed by atoms with E-state index in [9.17, 15) is 4.79 Å². The van der Waals surface area contributed by atoms with Crippen LogP contribution >= 0.6 is 0 Å². The highest BCUT2D eigenvalue weighted by Crippen LogP contribution is 2.19. The molecule has 0 saturated carbocycles. The van der Waals surface area contributed by atoms with Gasteiger partial charge in [0.15, 0.2) is 5.78 Å². The van der Waals surface area contributed by atoms with Gasteiger partial charge in [-0.15, -0.1) is 0 Å². The molecule has 0 aliphatic rings. The SMILES string of the molecule is CC(C)c1ccc(C(=O)[C@H](N)c2ccccc2)cc1. The van der Waals surface area contributed by atoms with Gasteiger partial charge in [-0.25, -0.2) is 0 Å². The molecule has 0 spiro atoms. The first-order chi connectivity index (χ1) is 9.09. The van der Waals surface area contributed by atoms with Crippen LogP contribution in [-0.2, 0) is 0 Å². The number of carbonyl (C=O) groups excluding carboxylic acids is 1. The zero-order valence-electron chi connectivity index (χ0n) is 11.3. The highest BCUT2D eigenvalue weighted by atomic mass is 16.1. The molecule has 0 aromatic heterocycles. The van der Waals surface area contributed by atoms with Gasteiger partial charge in [0.2, 0.25) is 0 Å². The van der Waals surface area contributed by atoms with Gasteiger partial charge in [-0.3, -0.25) is 4.79 Å². The molecule has 0 saturated heterocycles. The van der Waals surface area contributed by atoms with Crippen molar-refractivity contribution in [3.63, 3.8) is 0 Å². The minimum absolute atomic E-state index is 0.0403. The van der Waals surface area contributed by atoms with E-state index in [1.807, 2.05) is 54.6 Å². The fourth-order valence-electron chi connectivity index (χ4n) is 2.02. The monoisotopic (exact) mass is 253 g/mol. The summed E-state index contributed by atoms with van der Waals surface area (Å²) >= 11 is 0. The van der Waals surface area contributed by atoms with Crippen LogP contribution in [0.3, 0.4) is 0 Å². The molecule has 0 unspecified atom stereocenters. The maximum atomic E-state index is 12.3. The molecule has 2 rings (SSSR count). The molecular formula is C17H19NO. The lowest BCUT2D eigenvalue weighted by Crippen LogP contribution is -2.21. The van der Waals surface area contributed by atoms with Crippen molar-refractivity contribution in [2.45, 2.75) is 25.8 Å². The smallest absolute Gasteiger partial charge is 0.184 e. The summed E-state index contributed by atoms with van der Waals surface area (Å²) in [5.74, 6) is 0.424. The van der Waals surface area contributed by atoms with Crippen LogP contribution in [0.4, 0.5) is 0 Å². The number of hydrogen-bond donors (Lipinski definition) is 1. The minimum Gasteiger partial charge on any atom is -0.318 e. The lowest BCUT2D eigenvalue weighted by Gasteiger charge is -2.12. The van der Waals surface area contributed by atoms with Crippen LogP contribution in [0.5, 0.6) is 0 Å². The van der Waals surface area contributed by atoms with Gasteiger partial charge in [0.05, 0.1) is 6.04 Å². The summed E-state index contributed by atoms with van der Waals surface area (Å²) in [6.45, 7) is 4.26. The van der Waals surface area contributed by atoms with Crippen molar-refractivity contribution in [3.05, 3.63) is 71.3 Å². The van der Waals surface area contributed by atoms with Crippen LogP contribution in [0, 0.1) is 0 Å². The third-order valence-corrected chi connectivity index (χ3v) is 3.30. The third-order valence-electron chi connectivity index (χ3n) is 3.30. The fourth-order valence-corrected chi connectivity index (χ4v) is 2.02. The van der Waals surface area contributed by atoms with Crippen LogP contribution in [0.25, 0.3) is 0 Å². The molecule has 2 aromatic rings. The Morgan fingerprint density at radius 2 is 1.47 bits per heavy atom. The lowest BCUT2D eigenvalue weighted by atomic mass is 9.95. The highest BCUT2D eigenvalue weighted by molar-refractivity contribution is 6.00. The van der Waals surface area contributed by atoms with Crippen LogP contribution in [-0.4, -0.2) is 5.78 Å². The number of benzene rings is 2. The average Bonchev–Trinajstić information content (AvgIpc) is 2.46. The van der Waals surface area contributed by atoms with Crippen molar-refractivity contribution in [2.75, 3.05) is 0 Å². The van der Waals surface area contributed by atoms with Crippen molar-refractivity contribution in [1.82, 2.24) is 0 Å². The molecule has 2 nitrogen and oxygen atoms in total. The van der Waals surface area contributed by atoms with E-state index in [0.717, 1.165) is 5.56 Å². The van der Waals surface area contributed by atoms with Crippen molar-refractivity contribution >= 4 is 5.78 Å². The molecule has 98 valence electrons. The summed E-state index contributed by atoms with van der Waals surface area (Å²) in [4.78, 5) is 12.3. The Bertz CT molecular complexity index is 543. The Kier molecular flexibility index (Phi) is 4.13. The first kappa shape index (κ1) is 13.5. The summed E-state index contributed by atoms with van der Waals surface area (Å²) in [5, 5.41) is 0. The maximum Gasteiger partial charge on any atom is 0.184 e. The first-order valence-electron chi connectivity index (χ1n) is 6.54. The topological polar surface area (TPSA) is 43.1 Å². The van der Waals surface area contributed by atoms with Gasteiger partial charge in [0, 0.05) is 5.56 Å². The molecule has 0 fully saturated rings. The molecule has 0 heterocycles. The van der Waals surface area contributed by atoms with E-state index in [1.165, 1.54) is 5.56 Å². The van der Waals surface area contributed by atoms with Gasteiger partial charge in [-0.2, -0.15) is 0 Å². The second-order valence-electron chi connectivity index (χ2n) is 5.03. The van der Waals surface area contributed by atoms with Crippen LogP contribution in [0.1, 0.15) is 47.3 Å². The predicted molar refractivity (Wildman–Crippen MR) is 78.2 cm³/mol. The van der Waals surface area contributed by atoms with Crippen LogP contribution in [0.15, 0.2) is 54.6 Å². The van der Waals surface area contributed by atoms with Crippen molar-refractivity contribution in [3.8, 4) is 0 Å². The van der Waals surface area contributed by atoms with Gasteiger partial charge in [0.25, 0.3) is 0 Å². The molecule has 0 aliphatic heterocycles. The Balaban J connectivity index is 2.20. The Morgan fingerprint density at radius 3 is 2.00 bits per heavy atom. The predicted octanol–water partition coefficient (Wildman–Crippen LogP) is 3.69. The quantitative estimate of drug-likeness (QED) is 0.844. The number of nitrogens with two attached hydrogens (primary N) is 1. The van der Waals surface area contributed by atoms with E-state index in [2.05, 4.69) is 13.8 Å². The molecule has 2 N–H and O–H groups in total. The van der Waals surface area contributed by atoms with Crippen molar-refractivity contribution in [1.29, 1.82) is 0 Å². The number of carbonyl (C=O) groups is 1. The zero-order valence-corrected chi connectivity index (χ0v) is 11.3. The van der Waals surface area contributed by atoms with E-state index in [-0.39, 0.29) is 5.78 Å². The van der Waals surface area contributed by atoms with E-state index in [0.29, 0.717) is 11.5 Å². The van der Waals surface area contributed by atoms with Crippen molar-refractivity contribution < 1.29 is 4.79 Å². The summed E-state index contributed by atoms with van der Waals surface area (Å²) in [5.41, 5.74) is 8.76. The van der Waals surface area contributed by atoms with Crippen molar-refractivity contribution in [2.24, 2.45) is 5.73 Å². The van der Waals surface area contributed by atoms with E-state index in [4.69, 9.17) is 5.73 Å². The van der Waals surface area contributed by atoms with Gasteiger partial charge >= 0.3 is 0 Å². The lowest BCUT2D eigenvalue weighted by molar-refractivity contribution is 0.0961. The molecule has 0 aliphatic carbocycles. The second-order valence-corrected chi connectivity index (χ2v) is 5.03. The first-order valence-corrected chi connectivity index (χ1v) is 6.54. The van der Waals surface area contributed by atoms with Gasteiger partial charge in [0.1, 0.15) is 0 Å². The highest BCUT2D eigenvalue weighted by Gasteiger charge is 2.17. The summed E-state index contributed by atoms with van der Waals surface area (Å²) in [6.07, 6.45) is 0. The molecule has 1 atom stereocenters. The van der Waals surface area contributed by atoms with E-state index >= 15 is 0 Å². The van der Waals surface area contributed by atoms with Crippen LogP contribution in [0.2, 0.25) is 0 Å². The summed E-state index contributed by atoms with van der Waals surface area (Å²) < 4.78 is 0. The summed E-state index contributed by atoms with van der Waals surface area (Å²) in [7, 11) is 0. The van der Waals surface area contributed by atoms with E-state index in [1.54, 1.807) is 0 Å². The fraction of sp³-hybridized carbons (Fsp3) is 0.235. The summed E-state index contributed by atoms with van der Waals surface area (Å²) in [6, 6.07) is 16.6. The largest absolute Gasteiger partial charge is 0.318 e. The van der Waals surface area contributed by atoms with Gasteiger partial charge in [-0.1, -0.05) is 68.4 Å². The molecule has 0 radical (unpaired) electrons. The minimum atomic E-state index is -0.592. The number of ketones is 1. The average molecular weight is 253 g/mol. The Morgan fingerprint density at radius 1 is 0.895 bits per heavy atom. The van der Waals surface area contributed by atoms with Gasteiger partial charge in [-0.05, 0) is 17.0 Å². The normalized spacial score (nSPS) is 12.4. The molecule has 2 aromatic carbocycles. The van der Waals surface area contributed by atoms with Gasteiger partial charge < -0.3 is 5.73 Å². The second kappa shape index (κ2) is 5.81. The molecule has 0 amide bonds. The number of Topliss-reactive ketones (excluding diaryl/α,β-unsaturated/α-hetero) is 1. The Hall–Kier alpha value is -1.93.